The first-order chi connectivity index (χ1) is 24.8. The molecule has 10 aromatic rings. The summed E-state index contributed by atoms with van der Waals surface area (Å²) in [4.78, 5) is 4.28. The molecule has 1 aromatic heterocycles. The Hall–Kier alpha value is -6.57. The number of fused-ring (bicyclic) bond motifs is 7. The fourth-order valence-electron chi connectivity index (χ4n) is 8.04. The number of nitrogens with zero attached hydrogens (tertiary/aromatic N) is 1. The maximum absolute atomic E-state index is 4.28. The van der Waals surface area contributed by atoms with Crippen molar-refractivity contribution in [2.45, 2.75) is 0 Å². The molecule has 0 saturated carbocycles. The van der Waals surface area contributed by atoms with Gasteiger partial charge in [0.2, 0.25) is 0 Å². The first kappa shape index (κ1) is 28.4. The molecule has 0 fully saturated rings. The molecule has 1 nitrogen and oxygen atoms in total. The van der Waals surface area contributed by atoms with E-state index >= 15 is 0 Å². The average molecular weight is 634 g/mol. The van der Waals surface area contributed by atoms with E-state index in [-0.39, 0.29) is 0 Å². The monoisotopic (exact) mass is 633 g/mol. The molecule has 9 aromatic carbocycles. The van der Waals surface area contributed by atoms with Crippen molar-refractivity contribution in [1.82, 2.24) is 4.98 Å². The topological polar surface area (TPSA) is 12.9 Å². The Morgan fingerprint density at radius 3 is 1.26 bits per heavy atom. The van der Waals surface area contributed by atoms with E-state index in [4.69, 9.17) is 0 Å². The fourth-order valence-corrected chi connectivity index (χ4v) is 8.04. The summed E-state index contributed by atoms with van der Waals surface area (Å²) in [7, 11) is 0. The van der Waals surface area contributed by atoms with Crippen LogP contribution in [0.4, 0.5) is 0 Å². The molecule has 0 amide bonds. The molecule has 0 unspecified atom stereocenters. The quantitative estimate of drug-likeness (QED) is 0.139. The summed E-state index contributed by atoms with van der Waals surface area (Å²) < 4.78 is 0. The van der Waals surface area contributed by atoms with Gasteiger partial charge >= 0.3 is 0 Å². The van der Waals surface area contributed by atoms with Crippen LogP contribution in [0.5, 0.6) is 0 Å². The van der Waals surface area contributed by atoms with Gasteiger partial charge in [0, 0.05) is 12.4 Å². The van der Waals surface area contributed by atoms with Crippen LogP contribution in [0, 0.1) is 0 Å². The van der Waals surface area contributed by atoms with Crippen LogP contribution in [0.3, 0.4) is 0 Å². The van der Waals surface area contributed by atoms with Crippen molar-refractivity contribution < 1.29 is 0 Å². The second-order valence-corrected chi connectivity index (χ2v) is 13.1. The second-order valence-electron chi connectivity index (χ2n) is 13.1. The van der Waals surface area contributed by atoms with E-state index in [1.807, 2.05) is 12.4 Å². The van der Waals surface area contributed by atoms with E-state index in [9.17, 15) is 0 Å². The highest BCUT2D eigenvalue weighted by Crippen LogP contribution is 2.44. The van der Waals surface area contributed by atoms with Gasteiger partial charge in [-0.2, -0.15) is 0 Å². The summed E-state index contributed by atoms with van der Waals surface area (Å²) in [5, 5.41) is 12.7. The molecule has 1 heteroatoms. The maximum Gasteiger partial charge on any atom is 0.0273 e. The Labute approximate surface area is 290 Å². The molecule has 50 heavy (non-hydrogen) atoms. The van der Waals surface area contributed by atoms with Gasteiger partial charge in [0.25, 0.3) is 0 Å². The molecule has 0 aliphatic rings. The van der Waals surface area contributed by atoms with Crippen molar-refractivity contribution in [3.8, 4) is 44.5 Å². The molecule has 0 N–H and O–H groups in total. The Balaban J connectivity index is 1.07. The van der Waals surface area contributed by atoms with Crippen LogP contribution in [0.15, 0.2) is 188 Å². The van der Waals surface area contributed by atoms with Gasteiger partial charge in [-0.15, -0.1) is 0 Å². The molecular weight excluding hydrogens is 603 g/mol. The van der Waals surface area contributed by atoms with Gasteiger partial charge in [0.05, 0.1) is 0 Å². The van der Waals surface area contributed by atoms with Gasteiger partial charge in [-0.25, -0.2) is 0 Å². The van der Waals surface area contributed by atoms with Gasteiger partial charge in [-0.05, 0) is 117 Å². The first-order valence-electron chi connectivity index (χ1n) is 17.2. The number of rotatable bonds is 4. The Morgan fingerprint density at radius 2 is 0.680 bits per heavy atom. The molecule has 0 bridgehead atoms. The lowest BCUT2D eigenvalue weighted by atomic mass is 9.86. The second kappa shape index (κ2) is 11.5. The van der Waals surface area contributed by atoms with Gasteiger partial charge in [0.1, 0.15) is 0 Å². The van der Waals surface area contributed by atoms with Gasteiger partial charge in [-0.1, -0.05) is 158 Å². The molecule has 0 radical (unpaired) electrons. The summed E-state index contributed by atoms with van der Waals surface area (Å²) in [5.74, 6) is 0. The number of benzene rings is 9. The van der Waals surface area contributed by atoms with Gasteiger partial charge < -0.3 is 0 Å². The lowest BCUT2D eigenvalue weighted by molar-refractivity contribution is 1.33. The number of hydrogen-bond acceptors (Lipinski definition) is 1. The van der Waals surface area contributed by atoms with Crippen molar-refractivity contribution in [3.63, 3.8) is 0 Å². The zero-order valence-corrected chi connectivity index (χ0v) is 27.3. The number of hydrogen-bond donors (Lipinski definition) is 0. The third kappa shape index (κ3) is 4.52. The van der Waals surface area contributed by atoms with E-state index < -0.39 is 0 Å². The van der Waals surface area contributed by atoms with E-state index in [0.717, 1.165) is 0 Å². The minimum absolute atomic E-state index is 1.18. The van der Waals surface area contributed by atoms with E-state index in [1.54, 1.807) is 0 Å². The Bertz CT molecular complexity index is 2830. The van der Waals surface area contributed by atoms with Crippen LogP contribution in [0.2, 0.25) is 0 Å². The minimum atomic E-state index is 1.18. The van der Waals surface area contributed by atoms with Crippen molar-refractivity contribution in [1.29, 1.82) is 0 Å². The van der Waals surface area contributed by atoms with Crippen LogP contribution < -0.4 is 0 Å². The SMILES string of the molecule is c1ccc2c(c1)ccc1c3ccccc3c(-c3ccc(-c4ccc(-c5c6ccccc6c(-c6ccncc6)c6ccccc56)cc4)cc3)cc21. The van der Waals surface area contributed by atoms with Crippen molar-refractivity contribution in [2.75, 3.05) is 0 Å². The predicted octanol–water partition coefficient (Wildman–Crippen LogP) is 13.5. The molecule has 1 heterocycles. The van der Waals surface area contributed by atoms with Crippen LogP contribution in [0.25, 0.3) is 98.4 Å². The Kier molecular flexibility index (Phi) is 6.57. The molecule has 0 aliphatic carbocycles. The first-order valence-corrected chi connectivity index (χ1v) is 17.2. The van der Waals surface area contributed by atoms with Crippen molar-refractivity contribution in [3.05, 3.63) is 188 Å². The molecule has 10 rings (SSSR count). The van der Waals surface area contributed by atoms with Gasteiger partial charge in [-0.3, -0.25) is 4.98 Å². The predicted molar refractivity (Wildman–Crippen MR) is 214 cm³/mol. The summed E-state index contributed by atoms with van der Waals surface area (Å²) in [5.41, 5.74) is 9.83. The van der Waals surface area contributed by atoms with Crippen molar-refractivity contribution >= 4 is 53.9 Å². The minimum Gasteiger partial charge on any atom is -0.265 e. The molecule has 232 valence electrons. The zero-order chi connectivity index (χ0) is 33.0. The lowest BCUT2D eigenvalue weighted by Crippen LogP contribution is -1.91. The van der Waals surface area contributed by atoms with E-state index in [0.29, 0.717) is 0 Å². The van der Waals surface area contributed by atoms with Crippen LogP contribution in [-0.4, -0.2) is 4.98 Å². The summed E-state index contributed by atoms with van der Waals surface area (Å²) in [6.45, 7) is 0. The zero-order valence-electron chi connectivity index (χ0n) is 27.3. The number of pyridine rings is 1. The maximum atomic E-state index is 4.28. The highest BCUT2D eigenvalue weighted by atomic mass is 14.6. The third-order valence-corrected chi connectivity index (χ3v) is 10.4. The number of aromatic nitrogens is 1. The van der Waals surface area contributed by atoms with Crippen LogP contribution in [0.1, 0.15) is 0 Å². The van der Waals surface area contributed by atoms with Crippen LogP contribution >= 0.6 is 0 Å². The molecule has 0 aliphatic heterocycles. The summed E-state index contributed by atoms with van der Waals surface area (Å²) >= 11 is 0. The van der Waals surface area contributed by atoms with Crippen molar-refractivity contribution in [2.24, 2.45) is 0 Å². The lowest BCUT2D eigenvalue weighted by Gasteiger charge is -2.18. The molecule has 0 atom stereocenters. The molecule has 0 spiro atoms. The average Bonchev–Trinajstić information content (AvgIpc) is 3.20. The third-order valence-electron chi connectivity index (χ3n) is 10.4. The summed E-state index contributed by atoms with van der Waals surface area (Å²) in [6, 6.07) is 64.4. The smallest absolute Gasteiger partial charge is 0.0273 e. The van der Waals surface area contributed by atoms with E-state index in [2.05, 4.69) is 181 Å². The van der Waals surface area contributed by atoms with Crippen LogP contribution in [-0.2, 0) is 0 Å². The van der Waals surface area contributed by atoms with E-state index in [1.165, 1.54) is 98.4 Å². The highest BCUT2D eigenvalue weighted by Gasteiger charge is 2.17. The largest absolute Gasteiger partial charge is 0.265 e. The van der Waals surface area contributed by atoms with Gasteiger partial charge in [0.15, 0.2) is 0 Å². The fraction of sp³-hybridized carbons (Fsp3) is 0. The molecular formula is C49H31N. The summed E-state index contributed by atoms with van der Waals surface area (Å²) in [6.07, 6.45) is 3.76. The highest BCUT2D eigenvalue weighted by molar-refractivity contribution is 6.22. The standard InChI is InChI=1S/C49H31N/c1-2-10-38-34(9-1)25-26-41-39-11-3-4-12-40(39)46(31-47(38)41)35-21-17-32(18-22-35)33-19-23-36(24-20-33)48-42-13-5-7-15-44(42)49(37-27-29-50-30-28-37)45-16-8-6-14-43(45)48/h1-31H. The Morgan fingerprint density at radius 1 is 0.260 bits per heavy atom. The normalized spacial score (nSPS) is 11.6. The molecule has 0 saturated heterocycles.